The van der Waals surface area contributed by atoms with Crippen molar-refractivity contribution in [2.75, 3.05) is 5.73 Å². The molecular weight excluding hydrogens is 267 g/mol. The molecule has 6 heteroatoms. The van der Waals surface area contributed by atoms with E-state index >= 15 is 0 Å². The van der Waals surface area contributed by atoms with Crippen molar-refractivity contribution in [2.24, 2.45) is 0 Å². The van der Waals surface area contributed by atoms with Gasteiger partial charge in [-0.15, -0.1) is 12.4 Å². The number of rotatable bonds is 1. The van der Waals surface area contributed by atoms with Crippen LogP contribution in [0.15, 0.2) is 28.9 Å². The van der Waals surface area contributed by atoms with E-state index in [0.717, 1.165) is 15.9 Å². The highest BCUT2D eigenvalue weighted by atomic mass is 79.9. The number of hydrogen-bond acceptors (Lipinski definition) is 3. The average molecular weight is 276 g/mol. The zero-order valence-electron chi connectivity index (χ0n) is 7.07. The van der Waals surface area contributed by atoms with Crippen LogP contribution in [-0.2, 0) is 0 Å². The fourth-order valence-electron chi connectivity index (χ4n) is 1.04. The van der Waals surface area contributed by atoms with E-state index in [0.29, 0.717) is 5.82 Å². The number of halogens is 2. The first-order chi connectivity index (χ1) is 6.27. The number of nitrogen functional groups attached to an aromatic ring is 1. The summed E-state index contributed by atoms with van der Waals surface area (Å²) in [6.07, 6.45) is 1.72. The molecule has 4 nitrogen and oxygen atoms in total. The van der Waals surface area contributed by atoms with Crippen molar-refractivity contribution in [2.45, 2.75) is 0 Å². The van der Waals surface area contributed by atoms with E-state index in [2.05, 4.69) is 31.1 Å². The second-order valence-electron chi connectivity index (χ2n) is 2.54. The highest BCUT2D eigenvalue weighted by Gasteiger charge is 2.05. The fourth-order valence-corrected chi connectivity index (χ4v) is 1.51. The number of aromatic nitrogens is 3. The molecule has 0 aromatic carbocycles. The molecule has 14 heavy (non-hydrogen) atoms. The summed E-state index contributed by atoms with van der Waals surface area (Å²) in [6.45, 7) is 0. The van der Waals surface area contributed by atoms with Crippen LogP contribution in [0, 0.1) is 0 Å². The molecule has 0 aliphatic rings. The Morgan fingerprint density at radius 2 is 2.21 bits per heavy atom. The number of aromatic amines is 1. The molecule has 0 amide bonds. The lowest BCUT2D eigenvalue weighted by atomic mass is 10.3. The predicted octanol–water partition coefficient (Wildman–Crippen LogP) is 2.24. The van der Waals surface area contributed by atoms with Crippen molar-refractivity contribution in [3.63, 3.8) is 0 Å². The third kappa shape index (κ3) is 2.05. The Bertz CT molecular complexity index is 429. The number of nitrogens with two attached hydrogens (primary N) is 1. The monoisotopic (exact) mass is 274 g/mol. The smallest absolute Gasteiger partial charge is 0.145 e. The van der Waals surface area contributed by atoms with E-state index in [1.54, 1.807) is 12.3 Å². The predicted molar refractivity (Wildman–Crippen MR) is 61.2 cm³/mol. The summed E-state index contributed by atoms with van der Waals surface area (Å²) in [6, 6.07) is 5.51. The molecule has 2 aromatic heterocycles. The molecule has 0 radical (unpaired) electrons. The Morgan fingerprint density at radius 1 is 1.43 bits per heavy atom. The van der Waals surface area contributed by atoms with Crippen LogP contribution in [0.5, 0.6) is 0 Å². The SMILES string of the molecule is Cl.Nc1cc(-c2ncccc2Br)[nH]n1. The molecule has 74 valence electrons. The second-order valence-corrected chi connectivity index (χ2v) is 3.39. The first-order valence-corrected chi connectivity index (χ1v) is 4.48. The van der Waals surface area contributed by atoms with Gasteiger partial charge in [0.25, 0.3) is 0 Å². The van der Waals surface area contributed by atoms with Gasteiger partial charge in [0.15, 0.2) is 0 Å². The van der Waals surface area contributed by atoms with E-state index in [1.807, 2.05) is 12.1 Å². The summed E-state index contributed by atoms with van der Waals surface area (Å²) in [5.74, 6) is 0.465. The second kappa shape index (κ2) is 4.43. The van der Waals surface area contributed by atoms with Crippen LogP contribution >= 0.6 is 28.3 Å². The molecule has 3 N–H and O–H groups in total. The fraction of sp³-hybridized carbons (Fsp3) is 0. The summed E-state index contributed by atoms with van der Waals surface area (Å²) in [5.41, 5.74) is 7.10. The molecule has 0 atom stereocenters. The molecule has 0 unspecified atom stereocenters. The van der Waals surface area contributed by atoms with E-state index in [1.165, 1.54) is 0 Å². The number of H-pyrrole nitrogens is 1. The Hall–Kier alpha value is -1.07. The van der Waals surface area contributed by atoms with Crippen molar-refractivity contribution in [3.05, 3.63) is 28.9 Å². The third-order valence-corrected chi connectivity index (χ3v) is 2.25. The van der Waals surface area contributed by atoms with Gasteiger partial charge in [0.1, 0.15) is 11.5 Å². The topological polar surface area (TPSA) is 67.6 Å². The van der Waals surface area contributed by atoms with E-state index in [4.69, 9.17) is 5.73 Å². The molecular formula is C8H8BrClN4. The van der Waals surface area contributed by atoms with Gasteiger partial charge in [0.05, 0.1) is 5.69 Å². The van der Waals surface area contributed by atoms with Crippen molar-refractivity contribution in [3.8, 4) is 11.4 Å². The minimum Gasteiger partial charge on any atom is -0.382 e. The lowest BCUT2D eigenvalue weighted by Gasteiger charge is -1.97. The molecule has 0 bridgehead atoms. The van der Waals surface area contributed by atoms with E-state index < -0.39 is 0 Å². The molecule has 0 saturated carbocycles. The zero-order valence-corrected chi connectivity index (χ0v) is 9.47. The minimum atomic E-state index is 0. The molecule has 0 spiro atoms. The summed E-state index contributed by atoms with van der Waals surface area (Å²) in [5, 5.41) is 6.62. The van der Waals surface area contributed by atoms with Gasteiger partial charge in [-0.1, -0.05) is 0 Å². The number of pyridine rings is 1. The molecule has 2 heterocycles. The Balaban J connectivity index is 0.000000980. The molecule has 0 aliphatic heterocycles. The lowest BCUT2D eigenvalue weighted by Crippen LogP contribution is -1.83. The quantitative estimate of drug-likeness (QED) is 0.839. The number of nitrogens with zero attached hydrogens (tertiary/aromatic N) is 2. The molecule has 2 aromatic rings. The Labute approximate surface area is 95.5 Å². The van der Waals surface area contributed by atoms with Crippen LogP contribution in [0.25, 0.3) is 11.4 Å². The molecule has 0 saturated heterocycles. The van der Waals surface area contributed by atoms with Crippen LogP contribution in [0.2, 0.25) is 0 Å². The summed E-state index contributed by atoms with van der Waals surface area (Å²) < 4.78 is 0.915. The highest BCUT2D eigenvalue weighted by molar-refractivity contribution is 9.10. The van der Waals surface area contributed by atoms with Crippen LogP contribution < -0.4 is 5.73 Å². The summed E-state index contributed by atoms with van der Waals surface area (Å²) in [7, 11) is 0. The van der Waals surface area contributed by atoms with Crippen LogP contribution in [0.4, 0.5) is 5.82 Å². The van der Waals surface area contributed by atoms with Crippen LogP contribution in [0.1, 0.15) is 0 Å². The zero-order chi connectivity index (χ0) is 9.26. The standard InChI is InChI=1S/C8H7BrN4.ClH/c9-5-2-1-3-11-8(5)6-4-7(10)13-12-6;/h1-4H,(H3,10,12,13);1H. The maximum Gasteiger partial charge on any atom is 0.145 e. The molecule has 0 fully saturated rings. The maximum atomic E-state index is 5.48. The van der Waals surface area contributed by atoms with Crippen molar-refractivity contribution < 1.29 is 0 Å². The summed E-state index contributed by atoms with van der Waals surface area (Å²) in [4.78, 5) is 4.19. The van der Waals surface area contributed by atoms with Gasteiger partial charge < -0.3 is 5.73 Å². The number of hydrogen-bond donors (Lipinski definition) is 2. The largest absolute Gasteiger partial charge is 0.382 e. The first-order valence-electron chi connectivity index (χ1n) is 3.69. The number of nitrogens with one attached hydrogen (secondary N) is 1. The van der Waals surface area contributed by atoms with E-state index in [-0.39, 0.29) is 12.4 Å². The van der Waals surface area contributed by atoms with Crippen LogP contribution in [-0.4, -0.2) is 15.2 Å². The minimum absolute atomic E-state index is 0. The van der Waals surface area contributed by atoms with Gasteiger partial charge in [0, 0.05) is 16.7 Å². The van der Waals surface area contributed by atoms with Crippen LogP contribution in [0.3, 0.4) is 0 Å². The van der Waals surface area contributed by atoms with Gasteiger partial charge in [0.2, 0.25) is 0 Å². The third-order valence-electron chi connectivity index (χ3n) is 1.61. The average Bonchev–Trinajstić information content (AvgIpc) is 2.53. The summed E-state index contributed by atoms with van der Waals surface area (Å²) >= 11 is 3.39. The highest BCUT2D eigenvalue weighted by Crippen LogP contribution is 2.24. The maximum absolute atomic E-state index is 5.48. The Kier molecular flexibility index (Phi) is 3.49. The van der Waals surface area contributed by atoms with Gasteiger partial charge in [-0.05, 0) is 28.1 Å². The molecule has 0 aliphatic carbocycles. The van der Waals surface area contributed by atoms with Gasteiger partial charge in [-0.2, -0.15) is 5.10 Å². The van der Waals surface area contributed by atoms with Gasteiger partial charge in [-0.25, -0.2) is 0 Å². The van der Waals surface area contributed by atoms with Crippen molar-refractivity contribution >= 4 is 34.2 Å². The van der Waals surface area contributed by atoms with Gasteiger partial charge >= 0.3 is 0 Å². The van der Waals surface area contributed by atoms with E-state index in [9.17, 15) is 0 Å². The van der Waals surface area contributed by atoms with Crippen molar-refractivity contribution in [1.82, 2.24) is 15.2 Å². The first kappa shape index (κ1) is 11.0. The number of anilines is 1. The molecule has 2 rings (SSSR count). The van der Waals surface area contributed by atoms with Crippen molar-refractivity contribution in [1.29, 1.82) is 0 Å². The Morgan fingerprint density at radius 3 is 2.79 bits per heavy atom. The lowest BCUT2D eigenvalue weighted by molar-refractivity contribution is 1.09. The van der Waals surface area contributed by atoms with Gasteiger partial charge in [-0.3, -0.25) is 10.1 Å². The normalized spacial score (nSPS) is 9.50.